The van der Waals surface area contributed by atoms with Crippen LogP contribution in [-0.4, -0.2) is 51.1 Å². The molecule has 3 aromatic rings. The van der Waals surface area contributed by atoms with Crippen molar-refractivity contribution in [2.75, 3.05) is 11.9 Å². The number of hydrogen-bond acceptors (Lipinski definition) is 6. The van der Waals surface area contributed by atoms with Gasteiger partial charge in [0.15, 0.2) is 0 Å². The fourth-order valence-electron chi connectivity index (χ4n) is 3.57. The molecule has 4 atom stereocenters. The van der Waals surface area contributed by atoms with E-state index >= 15 is 0 Å². The monoisotopic (exact) mass is 394 g/mol. The molecule has 1 fully saturated rings. The molecule has 2 unspecified atom stereocenters. The van der Waals surface area contributed by atoms with E-state index in [4.69, 9.17) is 4.74 Å². The van der Waals surface area contributed by atoms with Gasteiger partial charge in [-0.25, -0.2) is 0 Å². The van der Waals surface area contributed by atoms with Crippen LogP contribution in [0.2, 0.25) is 0 Å². The van der Waals surface area contributed by atoms with E-state index in [1.807, 2.05) is 24.3 Å². The van der Waals surface area contributed by atoms with Crippen LogP contribution in [0.25, 0.3) is 10.9 Å². The SMILES string of the molecule is O=C(Nc1ccc2ncccc2c1)c1cccc(C2O[C@H](CO)C(O)C[C@@H]2O)c1. The van der Waals surface area contributed by atoms with Crippen molar-refractivity contribution in [2.24, 2.45) is 0 Å². The van der Waals surface area contributed by atoms with Crippen molar-refractivity contribution < 1.29 is 24.9 Å². The van der Waals surface area contributed by atoms with Crippen molar-refractivity contribution in [1.82, 2.24) is 4.98 Å². The average molecular weight is 394 g/mol. The summed E-state index contributed by atoms with van der Waals surface area (Å²) in [5.41, 5.74) is 2.52. The van der Waals surface area contributed by atoms with Crippen LogP contribution in [0.15, 0.2) is 60.8 Å². The van der Waals surface area contributed by atoms with Crippen LogP contribution in [0.4, 0.5) is 5.69 Å². The van der Waals surface area contributed by atoms with Crippen molar-refractivity contribution >= 4 is 22.5 Å². The third-order valence-electron chi connectivity index (χ3n) is 5.10. The van der Waals surface area contributed by atoms with Crippen LogP contribution in [0, 0.1) is 0 Å². The highest BCUT2D eigenvalue weighted by atomic mass is 16.5. The predicted octanol–water partition coefficient (Wildman–Crippen LogP) is 2.03. The summed E-state index contributed by atoms with van der Waals surface area (Å²) in [6.07, 6.45) is -1.55. The van der Waals surface area contributed by atoms with Gasteiger partial charge in [-0.2, -0.15) is 0 Å². The van der Waals surface area contributed by atoms with Gasteiger partial charge in [-0.3, -0.25) is 9.78 Å². The van der Waals surface area contributed by atoms with Gasteiger partial charge < -0.3 is 25.4 Å². The Kier molecular flexibility index (Phi) is 5.55. The first-order valence-electron chi connectivity index (χ1n) is 9.43. The van der Waals surface area contributed by atoms with Gasteiger partial charge >= 0.3 is 0 Å². The van der Waals surface area contributed by atoms with Crippen LogP contribution in [0.5, 0.6) is 0 Å². The number of carbonyl (C=O) groups excluding carboxylic acids is 1. The van der Waals surface area contributed by atoms with Crippen LogP contribution < -0.4 is 5.32 Å². The smallest absolute Gasteiger partial charge is 0.255 e. The lowest BCUT2D eigenvalue weighted by atomic mass is 9.93. The quantitative estimate of drug-likeness (QED) is 0.539. The number of hydrogen-bond donors (Lipinski definition) is 4. The minimum absolute atomic E-state index is 0.0947. The molecule has 2 aromatic carbocycles. The van der Waals surface area contributed by atoms with Gasteiger partial charge in [0.25, 0.3) is 5.91 Å². The molecule has 4 rings (SSSR count). The number of rotatable bonds is 4. The molecule has 1 saturated heterocycles. The first-order chi connectivity index (χ1) is 14.0. The maximum Gasteiger partial charge on any atom is 0.255 e. The Morgan fingerprint density at radius 3 is 2.79 bits per heavy atom. The summed E-state index contributed by atoms with van der Waals surface area (Å²) in [5.74, 6) is -0.292. The summed E-state index contributed by atoms with van der Waals surface area (Å²) >= 11 is 0. The molecule has 4 N–H and O–H groups in total. The van der Waals surface area contributed by atoms with E-state index in [0.29, 0.717) is 16.8 Å². The van der Waals surface area contributed by atoms with Crippen LogP contribution in [-0.2, 0) is 4.74 Å². The van der Waals surface area contributed by atoms with Crippen molar-refractivity contribution in [3.05, 3.63) is 71.9 Å². The highest BCUT2D eigenvalue weighted by Crippen LogP contribution is 2.32. The number of aliphatic hydroxyl groups excluding tert-OH is 3. The first kappa shape index (κ1) is 19.5. The maximum absolute atomic E-state index is 12.7. The number of aliphatic hydroxyl groups is 3. The number of ether oxygens (including phenoxy) is 1. The number of fused-ring (bicyclic) bond motifs is 1. The minimum atomic E-state index is -0.931. The second kappa shape index (κ2) is 8.26. The fraction of sp³-hybridized carbons (Fsp3) is 0.273. The number of pyridine rings is 1. The molecule has 0 bridgehead atoms. The van der Waals surface area contributed by atoms with Crippen LogP contribution >= 0.6 is 0 Å². The molecule has 7 nitrogen and oxygen atoms in total. The number of benzene rings is 2. The van der Waals surface area contributed by atoms with E-state index in [-0.39, 0.29) is 18.9 Å². The molecule has 1 amide bonds. The first-order valence-corrected chi connectivity index (χ1v) is 9.43. The molecular weight excluding hydrogens is 372 g/mol. The van der Waals surface area contributed by atoms with Gasteiger partial charge in [0.1, 0.15) is 12.2 Å². The lowest BCUT2D eigenvalue weighted by Gasteiger charge is -2.36. The molecular formula is C22H22N2O5. The van der Waals surface area contributed by atoms with Crippen LogP contribution in [0.3, 0.4) is 0 Å². The summed E-state index contributed by atoms with van der Waals surface area (Å²) in [6, 6.07) is 16.0. The zero-order valence-corrected chi connectivity index (χ0v) is 15.6. The van der Waals surface area contributed by atoms with Gasteiger partial charge in [-0.05, 0) is 42.0 Å². The molecule has 1 aliphatic heterocycles. The molecule has 0 spiro atoms. The molecule has 0 radical (unpaired) electrons. The Hall–Kier alpha value is -2.84. The summed E-state index contributed by atoms with van der Waals surface area (Å²) in [6.45, 7) is -0.346. The second-order valence-corrected chi connectivity index (χ2v) is 7.14. The third kappa shape index (κ3) is 4.13. The molecule has 0 saturated carbocycles. The summed E-state index contributed by atoms with van der Waals surface area (Å²) in [5, 5.41) is 33.3. The Balaban J connectivity index is 1.53. The second-order valence-electron chi connectivity index (χ2n) is 7.14. The maximum atomic E-state index is 12.7. The standard InChI is InChI=1S/C22H22N2O5/c25-12-20-18(26)11-19(27)21(29-20)14-3-1-4-15(9-14)22(28)24-16-6-7-17-13(10-16)5-2-8-23-17/h1-10,18-21,25-27H,11-12H2,(H,24,28)/t18?,19-,20+,21?/m0/s1. The van der Waals surface area contributed by atoms with Gasteiger partial charge in [-0.1, -0.05) is 18.2 Å². The Labute approximate surface area is 167 Å². The minimum Gasteiger partial charge on any atom is -0.394 e. The predicted molar refractivity (Wildman–Crippen MR) is 107 cm³/mol. The number of nitrogens with zero attached hydrogens (tertiary/aromatic N) is 1. The fourth-order valence-corrected chi connectivity index (χ4v) is 3.57. The molecule has 0 aliphatic carbocycles. The molecule has 1 aromatic heterocycles. The largest absolute Gasteiger partial charge is 0.394 e. The molecule has 7 heteroatoms. The molecule has 1 aliphatic rings. The lowest BCUT2D eigenvalue weighted by Crippen LogP contribution is -2.44. The number of carbonyl (C=O) groups is 1. The van der Waals surface area contributed by atoms with Gasteiger partial charge in [0.2, 0.25) is 0 Å². The van der Waals surface area contributed by atoms with Crippen molar-refractivity contribution in [3.8, 4) is 0 Å². The summed E-state index contributed by atoms with van der Waals surface area (Å²) < 4.78 is 5.66. The van der Waals surface area contributed by atoms with Crippen molar-refractivity contribution in [2.45, 2.75) is 30.8 Å². The molecule has 2 heterocycles. The Bertz CT molecular complexity index is 1020. The summed E-state index contributed by atoms with van der Waals surface area (Å²) in [7, 11) is 0. The van der Waals surface area contributed by atoms with Gasteiger partial charge in [0, 0.05) is 29.3 Å². The highest BCUT2D eigenvalue weighted by molar-refractivity contribution is 6.05. The Morgan fingerprint density at radius 1 is 1.10 bits per heavy atom. The zero-order valence-electron chi connectivity index (χ0n) is 15.6. The van der Waals surface area contributed by atoms with E-state index in [1.54, 1.807) is 36.5 Å². The number of anilines is 1. The number of amides is 1. The van der Waals surface area contributed by atoms with E-state index in [2.05, 4.69) is 10.3 Å². The van der Waals surface area contributed by atoms with Crippen molar-refractivity contribution in [1.29, 1.82) is 0 Å². The normalized spacial score (nSPS) is 24.4. The molecule has 29 heavy (non-hydrogen) atoms. The number of aromatic nitrogens is 1. The van der Waals surface area contributed by atoms with Crippen molar-refractivity contribution in [3.63, 3.8) is 0 Å². The van der Waals surface area contributed by atoms with E-state index < -0.39 is 24.4 Å². The Morgan fingerprint density at radius 2 is 1.97 bits per heavy atom. The highest BCUT2D eigenvalue weighted by Gasteiger charge is 2.36. The lowest BCUT2D eigenvalue weighted by molar-refractivity contribution is -0.181. The summed E-state index contributed by atoms with van der Waals surface area (Å²) in [4.78, 5) is 17.0. The number of nitrogens with one attached hydrogen (secondary N) is 1. The van der Waals surface area contributed by atoms with Gasteiger partial charge in [-0.15, -0.1) is 0 Å². The van der Waals surface area contributed by atoms with E-state index in [0.717, 1.165) is 10.9 Å². The topological polar surface area (TPSA) is 112 Å². The third-order valence-corrected chi connectivity index (χ3v) is 5.10. The van der Waals surface area contributed by atoms with Crippen LogP contribution in [0.1, 0.15) is 28.4 Å². The van der Waals surface area contributed by atoms with E-state index in [1.165, 1.54) is 0 Å². The average Bonchev–Trinajstić information content (AvgIpc) is 2.74. The van der Waals surface area contributed by atoms with E-state index in [9.17, 15) is 20.1 Å². The molecule has 150 valence electrons. The van der Waals surface area contributed by atoms with Gasteiger partial charge in [0.05, 0.1) is 24.3 Å². The zero-order chi connectivity index (χ0) is 20.4.